The van der Waals surface area contributed by atoms with Gasteiger partial charge in [-0.05, 0) is 48.6 Å². The van der Waals surface area contributed by atoms with Crippen LogP contribution in [0.15, 0.2) is 36.4 Å². The number of nitrogens with zero attached hydrogens (tertiary/aromatic N) is 2. The van der Waals surface area contributed by atoms with E-state index in [-0.39, 0.29) is 6.04 Å². The van der Waals surface area contributed by atoms with Crippen molar-refractivity contribution in [3.05, 3.63) is 42.0 Å². The van der Waals surface area contributed by atoms with Gasteiger partial charge >= 0.3 is 0 Å². The molecule has 0 aliphatic carbocycles. The lowest BCUT2D eigenvalue weighted by atomic mass is 9.99. The number of hydrogen-bond donors (Lipinski definition) is 0. The van der Waals surface area contributed by atoms with Gasteiger partial charge in [-0.15, -0.1) is 0 Å². The van der Waals surface area contributed by atoms with Crippen molar-refractivity contribution in [3.63, 3.8) is 0 Å². The number of hydrogen-bond acceptors (Lipinski definition) is 3. The Bertz CT molecular complexity index is 614. The summed E-state index contributed by atoms with van der Waals surface area (Å²) in [6.07, 6.45) is 0.495. The van der Waals surface area contributed by atoms with Crippen LogP contribution in [0.4, 0.5) is 0 Å². The molecule has 0 bridgehead atoms. The average Bonchev–Trinajstić information content (AvgIpc) is 2.43. The van der Waals surface area contributed by atoms with Crippen molar-refractivity contribution in [1.29, 1.82) is 5.26 Å². The van der Waals surface area contributed by atoms with Crippen molar-refractivity contribution in [1.82, 2.24) is 4.90 Å². The minimum atomic E-state index is 0.136. The molecule has 0 aliphatic heterocycles. The molecule has 0 amide bonds. The summed E-state index contributed by atoms with van der Waals surface area (Å²) in [5.74, 6) is 0.862. The van der Waals surface area contributed by atoms with E-state index in [4.69, 9.17) is 10.00 Å². The molecule has 1 unspecified atom stereocenters. The Morgan fingerprint density at radius 2 is 1.84 bits per heavy atom. The van der Waals surface area contributed by atoms with Crippen LogP contribution in [0.5, 0.6) is 5.75 Å². The molecular formula is C16H18N2O. The molecule has 0 aliphatic rings. The summed E-state index contributed by atoms with van der Waals surface area (Å²) < 4.78 is 5.23. The van der Waals surface area contributed by atoms with E-state index in [1.807, 2.05) is 26.2 Å². The molecule has 0 fully saturated rings. The van der Waals surface area contributed by atoms with E-state index >= 15 is 0 Å². The highest BCUT2D eigenvalue weighted by atomic mass is 16.5. The maximum Gasteiger partial charge on any atom is 0.119 e. The van der Waals surface area contributed by atoms with Gasteiger partial charge < -0.3 is 9.64 Å². The Labute approximate surface area is 114 Å². The van der Waals surface area contributed by atoms with Crippen molar-refractivity contribution in [2.45, 2.75) is 12.5 Å². The van der Waals surface area contributed by atoms with Crippen LogP contribution in [-0.4, -0.2) is 26.1 Å². The molecule has 2 rings (SSSR count). The monoisotopic (exact) mass is 254 g/mol. The van der Waals surface area contributed by atoms with E-state index in [2.05, 4.69) is 35.2 Å². The Hall–Kier alpha value is -2.05. The highest BCUT2D eigenvalue weighted by molar-refractivity contribution is 5.84. The molecule has 1 atom stereocenters. The van der Waals surface area contributed by atoms with Gasteiger partial charge in [0.15, 0.2) is 0 Å². The SMILES string of the molecule is COc1ccc2cc(C(CC#N)N(C)C)ccc2c1. The lowest BCUT2D eigenvalue weighted by Gasteiger charge is -2.22. The second-order valence-corrected chi connectivity index (χ2v) is 4.81. The standard InChI is InChI=1S/C16H18N2O/c1-18(2)16(8-9-17)14-5-4-13-11-15(19-3)7-6-12(13)10-14/h4-7,10-11,16H,8H2,1-3H3. The number of ether oxygens (including phenoxy) is 1. The van der Waals surface area contributed by atoms with Crippen LogP contribution in [0.1, 0.15) is 18.0 Å². The van der Waals surface area contributed by atoms with Crippen LogP contribution in [0.3, 0.4) is 0 Å². The summed E-state index contributed by atoms with van der Waals surface area (Å²) >= 11 is 0. The largest absolute Gasteiger partial charge is 0.497 e. The predicted octanol–water partition coefficient (Wildman–Crippen LogP) is 3.36. The fourth-order valence-corrected chi connectivity index (χ4v) is 2.26. The van der Waals surface area contributed by atoms with Crippen LogP contribution in [0.25, 0.3) is 10.8 Å². The molecular weight excluding hydrogens is 236 g/mol. The number of fused-ring (bicyclic) bond motifs is 1. The van der Waals surface area contributed by atoms with Crippen molar-refractivity contribution in [2.24, 2.45) is 0 Å². The molecule has 0 saturated carbocycles. The van der Waals surface area contributed by atoms with E-state index in [9.17, 15) is 0 Å². The topological polar surface area (TPSA) is 36.3 Å². The van der Waals surface area contributed by atoms with Gasteiger partial charge in [0, 0.05) is 6.04 Å². The normalized spacial score (nSPS) is 12.4. The molecule has 19 heavy (non-hydrogen) atoms. The molecule has 0 saturated heterocycles. The number of nitriles is 1. The summed E-state index contributed by atoms with van der Waals surface area (Å²) in [6, 6.07) is 14.7. The minimum absolute atomic E-state index is 0.136. The van der Waals surface area contributed by atoms with Crippen LogP contribution in [-0.2, 0) is 0 Å². The number of methoxy groups -OCH3 is 1. The quantitative estimate of drug-likeness (QED) is 0.839. The third-order valence-corrected chi connectivity index (χ3v) is 3.36. The third-order valence-electron chi connectivity index (χ3n) is 3.36. The zero-order chi connectivity index (χ0) is 13.8. The molecule has 0 N–H and O–H groups in total. The Morgan fingerprint density at radius 3 is 2.47 bits per heavy atom. The van der Waals surface area contributed by atoms with Gasteiger partial charge in [-0.2, -0.15) is 5.26 Å². The molecule has 0 heterocycles. The second kappa shape index (κ2) is 5.73. The zero-order valence-corrected chi connectivity index (χ0v) is 11.6. The fraction of sp³-hybridized carbons (Fsp3) is 0.312. The number of rotatable bonds is 4. The predicted molar refractivity (Wildman–Crippen MR) is 77.2 cm³/mol. The first-order valence-corrected chi connectivity index (χ1v) is 6.27. The Balaban J connectivity index is 2.43. The van der Waals surface area contributed by atoms with Gasteiger partial charge in [0.2, 0.25) is 0 Å². The van der Waals surface area contributed by atoms with Crippen LogP contribution >= 0.6 is 0 Å². The summed E-state index contributed by atoms with van der Waals surface area (Å²) in [5, 5.41) is 11.3. The zero-order valence-electron chi connectivity index (χ0n) is 11.6. The van der Waals surface area contributed by atoms with Crippen LogP contribution in [0, 0.1) is 11.3 Å². The third kappa shape index (κ3) is 2.86. The van der Waals surface area contributed by atoms with E-state index in [0.717, 1.165) is 11.1 Å². The molecule has 0 aromatic heterocycles. The second-order valence-electron chi connectivity index (χ2n) is 4.81. The summed E-state index contributed by atoms with van der Waals surface area (Å²) in [6.45, 7) is 0. The summed E-state index contributed by atoms with van der Waals surface area (Å²) in [7, 11) is 5.67. The molecule has 3 nitrogen and oxygen atoms in total. The molecule has 98 valence electrons. The van der Waals surface area contributed by atoms with E-state index in [1.165, 1.54) is 10.9 Å². The maximum atomic E-state index is 8.94. The molecule has 2 aromatic carbocycles. The lowest BCUT2D eigenvalue weighted by molar-refractivity contribution is 0.303. The van der Waals surface area contributed by atoms with Gasteiger partial charge in [-0.3, -0.25) is 0 Å². The summed E-state index contributed by atoms with van der Waals surface area (Å²) in [5.41, 5.74) is 1.17. The van der Waals surface area contributed by atoms with Gasteiger partial charge in [0.05, 0.1) is 19.6 Å². The van der Waals surface area contributed by atoms with Crippen molar-refractivity contribution in [2.75, 3.05) is 21.2 Å². The summed E-state index contributed by atoms with van der Waals surface area (Å²) in [4.78, 5) is 2.08. The minimum Gasteiger partial charge on any atom is -0.497 e. The van der Waals surface area contributed by atoms with Gasteiger partial charge in [0.1, 0.15) is 5.75 Å². The first-order chi connectivity index (χ1) is 9.15. The van der Waals surface area contributed by atoms with Gasteiger partial charge in [-0.25, -0.2) is 0 Å². The molecule has 3 heteroatoms. The van der Waals surface area contributed by atoms with Crippen molar-refractivity contribution in [3.8, 4) is 11.8 Å². The average molecular weight is 254 g/mol. The van der Waals surface area contributed by atoms with E-state index < -0.39 is 0 Å². The molecule has 2 aromatic rings. The Morgan fingerprint density at radius 1 is 1.16 bits per heavy atom. The number of benzene rings is 2. The van der Waals surface area contributed by atoms with Gasteiger partial charge in [-0.1, -0.05) is 18.2 Å². The smallest absolute Gasteiger partial charge is 0.119 e. The van der Waals surface area contributed by atoms with E-state index in [0.29, 0.717) is 6.42 Å². The van der Waals surface area contributed by atoms with Crippen molar-refractivity contribution >= 4 is 10.8 Å². The van der Waals surface area contributed by atoms with Gasteiger partial charge in [0.25, 0.3) is 0 Å². The fourth-order valence-electron chi connectivity index (χ4n) is 2.26. The Kier molecular flexibility index (Phi) is 4.03. The first kappa shape index (κ1) is 13.4. The molecule has 0 spiro atoms. The maximum absolute atomic E-state index is 8.94. The molecule has 0 radical (unpaired) electrons. The highest BCUT2D eigenvalue weighted by Gasteiger charge is 2.13. The first-order valence-electron chi connectivity index (χ1n) is 6.27. The highest BCUT2D eigenvalue weighted by Crippen LogP contribution is 2.27. The van der Waals surface area contributed by atoms with Crippen molar-refractivity contribution < 1.29 is 4.74 Å². The van der Waals surface area contributed by atoms with E-state index in [1.54, 1.807) is 7.11 Å². The van der Waals surface area contributed by atoms with Crippen LogP contribution < -0.4 is 4.74 Å². The van der Waals surface area contributed by atoms with Crippen LogP contribution in [0.2, 0.25) is 0 Å². The lowest BCUT2D eigenvalue weighted by Crippen LogP contribution is -2.19.